The van der Waals surface area contributed by atoms with Crippen molar-refractivity contribution in [1.29, 1.82) is 0 Å². The number of carbonyl (C=O) groups excluding carboxylic acids is 1. The van der Waals surface area contributed by atoms with Gasteiger partial charge in [0.25, 0.3) is 0 Å². The molecule has 0 saturated carbocycles. The predicted octanol–water partition coefficient (Wildman–Crippen LogP) is 4.24. The summed E-state index contributed by atoms with van der Waals surface area (Å²) in [4.78, 5) is 16.5. The highest BCUT2D eigenvalue weighted by atomic mass is 19.1. The molecule has 0 N–H and O–H groups in total. The Kier molecular flexibility index (Phi) is 6.19. The van der Waals surface area contributed by atoms with Crippen molar-refractivity contribution in [3.63, 3.8) is 0 Å². The Balaban J connectivity index is 1.65. The van der Waals surface area contributed by atoms with E-state index >= 15 is 0 Å². The van der Waals surface area contributed by atoms with Crippen LogP contribution in [0.4, 0.5) is 13.2 Å². The van der Waals surface area contributed by atoms with E-state index in [1.165, 1.54) is 30.4 Å². The number of nitrogens with zero attached hydrogens (tertiary/aromatic N) is 2. The van der Waals surface area contributed by atoms with Gasteiger partial charge < -0.3 is 4.90 Å². The van der Waals surface area contributed by atoms with E-state index in [1.54, 1.807) is 17.0 Å². The molecular formula is C22H23F3N2O. The molecule has 1 amide bonds. The fraction of sp³-hybridized carbons (Fsp3) is 0.318. The van der Waals surface area contributed by atoms with Gasteiger partial charge in [0.2, 0.25) is 5.91 Å². The Morgan fingerprint density at radius 2 is 1.64 bits per heavy atom. The summed E-state index contributed by atoms with van der Waals surface area (Å²) in [6, 6.07) is 10.0. The van der Waals surface area contributed by atoms with Crippen LogP contribution < -0.4 is 0 Å². The molecule has 2 atom stereocenters. The predicted molar refractivity (Wildman–Crippen MR) is 103 cm³/mol. The quantitative estimate of drug-likeness (QED) is 0.732. The van der Waals surface area contributed by atoms with Crippen molar-refractivity contribution in [2.24, 2.45) is 0 Å². The molecule has 3 rings (SSSR count). The number of carbonyl (C=O) groups is 1. The van der Waals surface area contributed by atoms with Gasteiger partial charge in [0, 0.05) is 43.4 Å². The largest absolute Gasteiger partial charge is 0.334 e. The van der Waals surface area contributed by atoms with Crippen LogP contribution in [0.2, 0.25) is 0 Å². The summed E-state index contributed by atoms with van der Waals surface area (Å²) in [5.41, 5.74) is 0.793. The first-order valence-electron chi connectivity index (χ1n) is 9.26. The van der Waals surface area contributed by atoms with E-state index in [9.17, 15) is 18.0 Å². The first-order valence-corrected chi connectivity index (χ1v) is 9.26. The first kappa shape index (κ1) is 20.1. The minimum absolute atomic E-state index is 0.0562. The first-order chi connectivity index (χ1) is 13.3. The van der Waals surface area contributed by atoms with E-state index in [4.69, 9.17) is 0 Å². The average molecular weight is 388 g/mol. The molecule has 1 heterocycles. The fourth-order valence-corrected chi connectivity index (χ4v) is 3.47. The number of amides is 1. The van der Waals surface area contributed by atoms with E-state index in [1.807, 2.05) is 13.8 Å². The Hall–Kier alpha value is -2.60. The van der Waals surface area contributed by atoms with Gasteiger partial charge in [-0.2, -0.15) is 0 Å². The highest BCUT2D eigenvalue weighted by Gasteiger charge is 2.31. The van der Waals surface area contributed by atoms with Gasteiger partial charge >= 0.3 is 0 Å². The average Bonchev–Trinajstić information content (AvgIpc) is 2.65. The number of piperazine rings is 1. The van der Waals surface area contributed by atoms with E-state index < -0.39 is 11.6 Å². The van der Waals surface area contributed by atoms with Gasteiger partial charge in [-0.3, -0.25) is 9.69 Å². The molecule has 2 aromatic rings. The van der Waals surface area contributed by atoms with Crippen LogP contribution >= 0.6 is 0 Å². The maximum Gasteiger partial charge on any atom is 0.246 e. The van der Waals surface area contributed by atoms with Crippen molar-refractivity contribution < 1.29 is 18.0 Å². The standard InChI is InChI=1S/C22H23F3N2O/c1-15-13-27(22(28)11-10-19-20(24)4-3-5-21(19)25)16(2)12-26(15)14-17-6-8-18(23)9-7-17/h3-11,15-16H,12-14H2,1-2H3/b11-10+. The zero-order valence-corrected chi connectivity index (χ0v) is 15.9. The van der Waals surface area contributed by atoms with Gasteiger partial charge in [0.15, 0.2) is 0 Å². The molecule has 0 aliphatic carbocycles. The zero-order valence-electron chi connectivity index (χ0n) is 15.9. The maximum atomic E-state index is 13.7. The van der Waals surface area contributed by atoms with Gasteiger partial charge in [-0.05, 0) is 49.8 Å². The van der Waals surface area contributed by atoms with Gasteiger partial charge in [0.05, 0.1) is 0 Å². The van der Waals surface area contributed by atoms with Crippen LogP contribution in [0.5, 0.6) is 0 Å². The van der Waals surface area contributed by atoms with E-state index in [0.29, 0.717) is 19.6 Å². The maximum absolute atomic E-state index is 13.7. The second-order valence-corrected chi connectivity index (χ2v) is 7.21. The van der Waals surface area contributed by atoms with Crippen LogP contribution in [-0.2, 0) is 11.3 Å². The summed E-state index contributed by atoms with van der Waals surface area (Å²) in [5, 5.41) is 0. The second kappa shape index (κ2) is 8.61. The van der Waals surface area contributed by atoms with Gasteiger partial charge in [-0.15, -0.1) is 0 Å². The fourth-order valence-electron chi connectivity index (χ4n) is 3.47. The van der Waals surface area contributed by atoms with E-state index in [0.717, 1.165) is 17.7 Å². The van der Waals surface area contributed by atoms with Gasteiger partial charge in [-0.1, -0.05) is 18.2 Å². The Bertz CT molecular complexity index is 846. The lowest BCUT2D eigenvalue weighted by molar-refractivity contribution is -0.131. The normalized spacial score (nSPS) is 20.7. The van der Waals surface area contributed by atoms with Crippen molar-refractivity contribution in [3.8, 4) is 0 Å². The molecule has 6 heteroatoms. The summed E-state index contributed by atoms with van der Waals surface area (Å²) in [7, 11) is 0. The molecular weight excluding hydrogens is 365 g/mol. The Morgan fingerprint density at radius 1 is 1.00 bits per heavy atom. The minimum atomic E-state index is -0.699. The highest BCUT2D eigenvalue weighted by Crippen LogP contribution is 2.20. The number of hydrogen-bond acceptors (Lipinski definition) is 2. The van der Waals surface area contributed by atoms with Crippen molar-refractivity contribution in [3.05, 3.63) is 77.1 Å². The number of rotatable bonds is 4. The molecule has 28 heavy (non-hydrogen) atoms. The molecule has 148 valence electrons. The van der Waals surface area contributed by atoms with Crippen molar-refractivity contribution in [1.82, 2.24) is 9.80 Å². The van der Waals surface area contributed by atoms with Crippen LogP contribution in [0.15, 0.2) is 48.5 Å². The van der Waals surface area contributed by atoms with Crippen LogP contribution in [0, 0.1) is 17.5 Å². The molecule has 2 unspecified atom stereocenters. The lowest BCUT2D eigenvalue weighted by atomic mass is 10.1. The lowest BCUT2D eigenvalue weighted by Crippen LogP contribution is -2.57. The molecule has 3 nitrogen and oxygen atoms in total. The molecule has 1 aliphatic heterocycles. The Labute approximate surface area is 163 Å². The van der Waals surface area contributed by atoms with Crippen LogP contribution in [0.3, 0.4) is 0 Å². The summed E-state index contributed by atoms with van der Waals surface area (Å²) < 4.78 is 40.5. The number of halogens is 3. The summed E-state index contributed by atoms with van der Waals surface area (Å²) in [6.07, 6.45) is 2.41. The van der Waals surface area contributed by atoms with Crippen molar-refractivity contribution >= 4 is 12.0 Å². The Morgan fingerprint density at radius 3 is 2.29 bits per heavy atom. The number of hydrogen-bond donors (Lipinski definition) is 0. The topological polar surface area (TPSA) is 23.6 Å². The molecule has 0 radical (unpaired) electrons. The molecule has 1 fully saturated rings. The van der Waals surface area contributed by atoms with E-state index in [-0.39, 0.29) is 29.4 Å². The smallest absolute Gasteiger partial charge is 0.246 e. The third-order valence-electron chi connectivity index (χ3n) is 5.09. The SMILES string of the molecule is CC1CN(C(=O)/C=C/c2c(F)cccc2F)C(C)CN1Cc1ccc(F)cc1. The van der Waals surface area contributed by atoms with Gasteiger partial charge in [-0.25, -0.2) is 13.2 Å². The third kappa shape index (κ3) is 4.62. The third-order valence-corrected chi connectivity index (χ3v) is 5.09. The van der Waals surface area contributed by atoms with E-state index in [2.05, 4.69) is 4.90 Å². The minimum Gasteiger partial charge on any atom is -0.334 e. The van der Waals surface area contributed by atoms with Gasteiger partial charge in [0.1, 0.15) is 17.5 Å². The van der Waals surface area contributed by atoms with Crippen LogP contribution in [0.1, 0.15) is 25.0 Å². The van der Waals surface area contributed by atoms with Crippen LogP contribution in [-0.4, -0.2) is 40.9 Å². The highest BCUT2D eigenvalue weighted by molar-refractivity contribution is 5.92. The molecule has 1 aliphatic rings. The summed E-state index contributed by atoms with van der Waals surface area (Å²) >= 11 is 0. The summed E-state index contributed by atoms with van der Waals surface area (Å²) in [5.74, 6) is -1.94. The number of benzene rings is 2. The van der Waals surface area contributed by atoms with Crippen molar-refractivity contribution in [2.45, 2.75) is 32.5 Å². The zero-order chi connectivity index (χ0) is 20.3. The van der Waals surface area contributed by atoms with Crippen LogP contribution in [0.25, 0.3) is 6.08 Å². The molecule has 1 saturated heterocycles. The lowest BCUT2D eigenvalue weighted by Gasteiger charge is -2.44. The molecule has 0 spiro atoms. The molecule has 2 aromatic carbocycles. The monoisotopic (exact) mass is 388 g/mol. The molecule has 0 aromatic heterocycles. The second-order valence-electron chi connectivity index (χ2n) is 7.21. The van der Waals surface area contributed by atoms with Crippen molar-refractivity contribution in [2.75, 3.05) is 13.1 Å². The molecule has 0 bridgehead atoms. The summed E-state index contributed by atoms with van der Waals surface area (Å²) in [6.45, 7) is 5.80.